The van der Waals surface area contributed by atoms with Crippen LogP contribution in [-0.4, -0.2) is 28.4 Å². The molecule has 2 N–H and O–H groups in total. The van der Waals surface area contributed by atoms with Crippen LogP contribution in [0.15, 0.2) is 11.0 Å². The highest BCUT2D eigenvalue weighted by molar-refractivity contribution is 7.89. The maximum atomic E-state index is 11.5. The lowest BCUT2D eigenvalue weighted by molar-refractivity contribution is 0.0964. The van der Waals surface area contributed by atoms with E-state index in [1.165, 1.54) is 20.2 Å². The Hall–Kier alpha value is -0.630. The summed E-state index contributed by atoms with van der Waals surface area (Å²) in [5.41, 5.74) is 0. The van der Waals surface area contributed by atoms with Gasteiger partial charge in [-0.15, -0.1) is 11.3 Å². The molecule has 0 aliphatic carbocycles. The van der Waals surface area contributed by atoms with E-state index in [4.69, 9.17) is 11.6 Å². The Balaban J connectivity index is 3.36. The van der Waals surface area contributed by atoms with Gasteiger partial charge in [0.15, 0.2) is 0 Å². The second-order valence-electron chi connectivity index (χ2n) is 2.53. The maximum absolute atomic E-state index is 11.5. The predicted molar refractivity (Wildman–Crippen MR) is 59.0 cm³/mol. The zero-order valence-electron chi connectivity index (χ0n) is 8.00. The molecule has 1 aromatic heterocycles. The molecular weight excluding hydrogens is 260 g/mol. The van der Waals surface area contributed by atoms with Crippen molar-refractivity contribution in [1.82, 2.24) is 10.0 Å². The van der Waals surface area contributed by atoms with Crippen LogP contribution in [0.1, 0.15) is 9.67 Å². The minimum atomic E-state index is -3.65. The molecule has 0 bridgehead atoms. The van der Waals surface area contributed by atoms with Gasteiger partial charge in [-0.1, -0.05) is 11.6 Å². The SMILES string of the molecule is CNC(=O)c1sc(Cl)cc1S(=O)(=O)NC. The fourth-order valence-corrected chi connectivity index (χ4v) is 3.42. The van der Waals surface area contributed by atoms with E-state index >= 15 is 0 Å². The number of halogens is 1. The highest BCUT2D eigenvalue weighted by Gasteiger charge is 2.23. The van der Waals surface area contributed by atoms with Gasteiger partial charge in [0.25, 0.3) is 5.91 Å². The lowest BCUT2D eigenvalue weighted by Crippen LogP contribution is -2.23. The Labute approximate surface area is 96.5 Å². The van der Waals surface area contributed by atoms with Crippen molar-refractivity contribution in [1.29, 1.82) is 0 Å². The predicted octanol–water partition coefficient (Wildman–Crippen LogP) is 0.669. The second kappa shape index (κ2) is 4.48. The molecule has 0 unspecified atom stereocenters. The average Bonchev–Trinajstić information content (AvgIpc) is 2.60. The van der Waals surface area contributed by atoms with Crippen LogP contribution in [0.4, 0.5) is 0 Å². The van der Waals surface area contributed by atoms with Crippen molar-refractivity contribution >= 4 is 38.9 Å². The van der Waals surface area contributed by atoms with Crippen molar-refractivity contribution in [2.75, 3.05) is 14.1 Å². The topological polar surface area (TPSA) is 75.3 Å². The molecule has 0 atom stereocenters. The van der Waals surface area contributed by atoms with Crippen molar-refractivity contribution < 1.29 is 13.2 Å². The monoisotopic (exact) mass is 268 g/mol. The third-order valence-corrected chi connectivity index (χ3v) is 4.49. The van der Waals surface area contributed by atoms with Gasteiger partial charge < -0.3 is 5.32 Å². The van der Waals surface area contributed by atoms with E-state index in [0.717, 1.165) is 11.3 Å². The fourth-order valence-electron chi connectivity index (χ4n) is 0.927. The number of hydrogen-bond donors (Lipinski definition) is 2. The number of thiophene rings is 1. The van der Waals surface area contributed by atoms with Gasteiger partial charge in [-0.3, -0.25) is 4.79 Å². The largest absolute Gasteiger partial charge is 0.354 e. The van der Waals surface area contributed by atoms with E-state index in [9.17, 15) is 13.2 Å². The molecule has 84 valence electrons. The van der Waals surface area contributed by atoms with Gasteiger partial charge in [0.2, 0.25) is 10.0 Å². The number of carbonyl (C=O) groups excluding carboxylic acids is 1. The van der Waals surface area contributed by atoms with Crippen LogP contribution < -0.4 is 10.0 Å². The summed E-state index contributed by atoms with van der Waals surface area (Å²) >= 11 is 6.60. The molecule has 1 heterocycles. The summed E-state index contributed by atoms with van der Waals surface area (Å²) in [6, 6.07) is 1.25. The van der Waals surface area contributed by atoms with Crippen molar-refractivity contribution in [3.05, 3.63) is 15.3 Å². The van der Waals surface area contributed by atoms with Crippen LogP contribution in [0.3, 0.4) is 0 Å². The van der Waals surface area contributed by atoms with E-state index in [2.05, 4.69) is 10.0 Å². The summed E-state index contributed by atoms with van der Waals surface area (Å²) < 4.78 is 25.4. The highest BCUT2D eigenvalue weighted by Crippen LogP contribution is 2.29. The van der Waals surface area contributed by atoms with E-state index in [1.54, 1.807) is 0 Å². The van der Waals surface area contributed by atoms with Crippen LogP contribution in [0.25, 0.3) is 0 Å². The van der Waals surface area contributed by atoms with Gasteiger partial charge >= 0.3 is 0 Å². The van der Waals surface area contributed by atoms with E-state index < -0.39 is 15.9 Å². The molecule has 1 amide bonds. The summed E-state index contributed by atoms with van der Waals surface area (Å²) in [6.45, 7) is 0. The standard InChI is InChI=1S/C7H9ClN2O3S2/c1-9-7(11)6-4(3-5(8)14-6)15(12,13)10-2/h3,10H,1-2H3,(H,9,11). The lowest BCUT2D eigenvalue weighted by atomic mass is 10.4. The van der Waals surface area contributed by atoms with E-state index in [0.29, 0.717) is 0 Å². The molecule has 0 saturated carbocycles. The van der Waals surface area contributed by atoms with Crippen molar-refractivity contribution in [3.8, 4) is 0 Å². The zero-order valence-corrected chi connectivity index (χ0v) is 10.4. The maximum Gasteiger partial charge on any atom is 0.262 e. The second-order valence-corrected chi connectivity index (χ2v) is 6.07. The number of hydrogen-bond acceptors (Lipinski definition) is 4. The molecule has 1 rings (SSSR count). The molecule has 15 heavy (non-hydrogen) atoms. The fraction of sp³-hybridized carbons (Fsp3) is 0.286. The Bertz CT molecular complexity index is 480. The first-order valence-electron chi connectivity index (χ1n) is 3.87. The quantitative estimate of drug-likeness (QED) is 0.846. The summed E-state index contributed by atoms with van der Waals surface area (Å²) in [5.74, 6) is -0.472. The van der Waals surface area contributed by atoms with Gasteiger partial charge in [0.1, 0.15) is 9.77 Å². The van der Waals surface area contributed by atoms with Crippen LogP contribution in [0.2, 0.25) is 4.34 Å². The van der Waals surface area contributed by atoms with Crippen molar-refractivity contribution in [3.63, 3.8) is 0 Å². The van der Waals surface area contributed by atoms with E-state index in [1.807, 2.05) is 0 Å². The Morgan fingerprint density at radius 2 is 2.07 bits per heavy atom. The van der Waals surface area contributed by atoms with Crippen LogP contribution in [-0.2, 0) is 10.0 Å². The molecule has 0 radical (unpaired) electrons. The van der Waals surface area contributed by atoms with Crippen molar-refractivity contribution in [2.45, 2.75) is 4.90 Å². The third-order valence-electron chi connectivity index (χ3n) is 1.66. The Morgan fingerprint density at radius 1 is 1.47 bits per heavy atom. The number of rotatable bonds is 3. The Morgan fingerprint density at radius 3 is 2.53 bits per heavy atom. The van der Waals surface area contributed by atoms with Crippen LogP contribution in [0.5, 0.6) is 0 Å². The average molecular weight is 269 g/mol. The van der Waals surface area contributed by atoms with Crippen LogP contribution in [0, 0.1) is 0 Å². The normalized spacial score (nSPS) is 11.4. The molecule has 0 aliphatic rings. The number of carbonyl (C=O) groups is 1. The molecule has 0 aromatic carbocycles. The molecule has 0 saturated heterocycles. The van der Waals surface area contributed by atoms with Gasteiger partial charge in [0.05, 0.1) is 4.34 Å². The highest BCUT2D eigenvalue weighted by atomic mass is 35.5. The minimum Gasteiger partial charge on any atom is -0.354 e. The summed E-state index contributed by atoms with van der Waals surface area (Å²) in [4.78, 5) is 11.3. The molecule has 8 heteroatoms. The number of sulfonamides is 1. The lowest BCUT2D eigenvalue weighted by Gasteiger charge is -2.02. The summed E-state index contributed by atoms with van der Waals surface area (Å²) in [5, 5.41) is 2.35. The third kappa shape index (κ3) is 2.49. The number of amides is 1. The Kier molecular flexibility index (Phi) is 3.72. The van der Waals surface area contributed by atoms with E-state index in [-0.39, 0.29) is 14.1 Å². The number of nitrogens with one attached hydrogen (secondary N) is 2. The molecular formula is C7H9ClN2O3S2. The molecule has 1 aromatic rings. The van der Waals surface area contributed by atoms with Gasteiger partial charge in [0, 0.05) is 7.05 Å². The van der Waals surface area contributed by atoms with Gasteiger partial charge in [-0.05, 0) is 13.1 Å². The zero-order chi connectivity index (χ0) is 11.6. The first-order chi connectivity index (χ1) is 6.92. The first-order valence-corrected chi connectivity index (χ1v) is 6.55. The molecule has 0 aliphatic heterocycles. The van der Waals surface area contributed by atoms with Gasteiger partial charge in [-0.2, -0.15) is 0 Å². The first kappa shape index (κ1) is 12.4. The molecule has 5 nitrogen and oxygen atoms in total. The minimum absolute atomic E-state index is 0.0804. The van der Waals surface area contributed by atoms with Gasteiger partial charge in [-0.25, -0.2) is 13.1 Å². The summed E-state index contributed by atoms with van der Waals surface area (Å²) in [7, 11) is -0.953. The molecule has 0 fully saturated rings. The van der Waals surface area contributed by atoms with Crippen LogP contribution >= 0.6 is 22.9 Å². The van der Waals surface area contributed by atoms with Crippen molar-refractivity contribution in [2.24, 2.45) is 0 Å². The smallest absolute Gasteiger partial charge is 0.262 e. The molecule has 0 spiro atoms. The summed E-state index contributed by atoms with van der Waals surface area (Å²) in [6.07, 6.45) is 0.